The summed E-state index contributed by atoms with van der Waals surface area (Å²) >= 11 is 1.40. The van der Waals surface area contributed by atoms with Crippen LogP contribution in [0.25, 0.3) is 11.4 Å². The summed E-state index contributed by atoms with van der Waals surface area (Å²) in [5.74, 6) is 0.812. The standard InChI is InChI=1S/C18H24N4OS/c1-13(17(23)19-15-11-7-2-3-8-12-15)24-18-20-16(21-22-18)14-9-5-4-6-10-14/h4-6,9-10,13,15H,2-3,7-8,11-12H2,1H3,(H,19,23)(H,20,21,22)/t13-/m0/s1. The monoisotopic (exact) mass is 344 g/mol. The van der Waals surface area contributed by atoms with Crippen LogP contribution < -0.4 is 5.32 Å². The largest absolute Gasteiger partial charge is 0.352 e. The Hall–Kier alpha value is -1.82. The predicted octanol–water partition coefficient (Wildman–Crippen LogP) is 3.79. The highest BCUT2D eigenvalue weighted by Crippen LogP contribution is 2.23. The van der Waals surface area contributed by atoms with E-state index in [0.29, 0.717) is 11.2 Å². The van der Waals surface area contributed by atoms with Crippen LogP contribution in [0.5, 0.6) is 0 Å². The molecule has 24 heavy (non-hydrogen) atoms. The molecule has 2 N–H and O–H groups in total. The van der Waals surface area contributed by atoms with E-state index in [1.165, 1.54) is 37.4 Å². The SMILES string of the molecule is C[C@H](Sc1n[nH]c(-c2ccccc2)n1)C(=O)NC1CCCCCC1. The molecule has 1 amide bonds. The number of nitrogens with one attached hydrogen (secondary N) is 2. The van der Waals surface area contributed by atoms with Crippen LogP contribution in [0, 0.1) is 0 Å². The number of carbonyl (C=O) groups excluding carboxylic acids is 1. The molecular formula is C18H24N4OS. The smallest absolute Gasteiger partial charge is 0.233 e. The number of hydrogen-bond donors (Lipinski definition) is 2. The number of aromatic amines is 1. The Labute approximate surface area is 147 Å². The molecule has 0 bridgehead atoms. The second kappa shape index (κ2) is 8.33. The lowest BCUT2D eigenvalue weighted by molar-refractivity contribution is -0.121. The fourth-order valence-electron chi connectivity index (χ4n) is 2.98. The van der Waals surface area contributed by atoms with Crippen LogP contribution in [-0.4, -0.2) is 32.4 Å². The summed E-state index contributed by atoms with van der Waals surface area (Å²) in [6.07, 6.45) is 7.21. The van der Waals surface area contributed by atoms with Gasteiger partial charge in [0, 0.05) is 11.6 Å². The van der Waals surface area contributed by atoms with Crippen molar-refractivity contribution in [1.82, 2.24) is 20.5 Å². The van der Waals surface area contributed by atoms with E-state index in [-0.39, 0.29) is 11.2 Å². The number of H-pyrrole nitrogens is 1. The van der Waals surface area contributed by atoms with E-state index in [9.17, 15) is 4.79 Å². The summed E-state index contributed by atoms with van der Waals surface area (Å²) in [7, 11) is 0. The van der Waals surface area contributed by atoms with Gasteiger partial charge in [0.15, 0.2) is 5.82 Å². The lowest BCUT2D eigenvalue weighted by atomic mass is 10.1. The summed E-state index contributed by atoms with van der Waals surface area (Å²) in [5.41, 5.74) is 0.993. The van der Waals surface area contributed by atoms with E-state index in [2.05, 4.69) is 20.5 Å². The first kappa shape index (κ1) is 17.0. The van der Waals surface area contributed by atoms with E-state index in [1.807, 2.05) is 37.3 Å². The first-order chi connectivity index (χ1) is 11.7. The van der Waals surface area contributed by atoms with Gasteiger partial charge in [0.25, 0.3) is 0 Å². The number of rotatable bonds is 5. The number of benzene rings is 1. The highest BCUT2D eigenvalue weighted by atomic mass is 32.2. The van der Waals surface area contributed by atoms with Crippen molar-refractivity contribution in [2.45, 2.75) is 61.9 Å². The Morgan fingerprint density at radius 2 is 1.92 bits per heavy atom. The molecule has 1 atom stereocenters. The third kappa shape index (κ3) is 4.60. The first-order valence-electron chi connectivity index (χ1n) is 8.67. The summed E-state index contributed by atoms with van der Waals surface area (Å²) in [4.78, 5) is 16.9. The fourth-order valence-corrected chi connectivity index (χ4v) is 3.71. The maximum Gasteiger partial charge on any atom is 0.233 e. The van der Waals surface area contributed by atoms with Crippen LogP contribution in [0.15, 0.2) is 35.5 Å². The molecule has 0 spiro atoms. The molecule has 1 aromatic carbocycles. The number of carbonyl (C=O) groups is 1. The Morgan fingerprint density at radius 3 is 2.62 bits per heavy atom. The Morgan fingerprint density at radius 1 is 1.21 bits per heavy atom. The van der Waals surface area contributed by atoms with Crippen molar-refractivity contribution in [3.05, 3.63) is 30.3 Å². The van der Waals surface area contributed by atoms with Gasteiger partial charge in [0.2, 0.25) is 11.1 Å². The molecule has 1 heterocycles. The van der Waals surface area contributed by atoms with Crippen LogP contribution in [-0.2, 0) is 4.79 Å². The molecule has 1 aliphatic carbocycles. The van der Waals surface area contributed by atoms with Gasteiger partial charge in [-0.3, -0.25) is 9.89 Å². The van der Waals surface area contributed by atoms with Crippen molar-refractivity contribution in [3.8, 4) is 11.4 Å². The van der Waals surface area contributed by atoms with Crippen molar-refractivity contribution in [1.29, 1.82) is 0 Å². The van der Waals surface area contributed by atoms with Crippen LogP contribution in [0.2, 0.25) is 0 Å². The van der Waals surface area contributed by atoms with Gasteiger partial charge in [0.05, 0.1) is 5.25 Å². The maximum atomic E-state index is 12.4. The molecule has 0 unspecified atom stereocenters. The van der Waals surface area contributed by atoms with Crippen molar-refractivity contribution in [3.63, 3.8) is 0 Å². The minimum atomic E-state index is -0.201. The first-order valence-corrected chi connectivity index (χ1v) is 9.55. The lowest BCUT2D eigenvalue weighted by Gasteiger charge is -2.18. The van der Waals surface area contributed by atoms with Crippen LogP contribution >= 0.6 is 11.8 Å². The summed E-state index contributed by atoms with van der Waals surface area (Å²) in [6.45, 7) is 1.91. The van der Waals surface area contributed by atoms with Crippen molar-refractivity contribution in [2.24, 2.45) is 0 Å². The van der Waals surface area contributed by atoms with Crippen molar-refractivity contribution in [2.75, 3.05) is 0 Å². The topological polar surface area (TPSA) is 70.7 Å². The predicted molar refractivity (Wildman–Crippen MR) is 96.8 cm³/mol. The maximum absolute atomic E-state index is 12.4. The minimum Gasteiger partial charge on any atom is -0.352 e. The average Bonchev–Trinajstić information content (AvgIpc) is 2.91. The van der Waals surface area contributed by atoms with E-state index < -0.39 is 0 Å². The molecule has 0 saturated heterocycles. The minimum absolute atomic E-state index is 0.0814. The van der Waals surface area contributed by atoms with E-state index in [0.717, 1.165) is 24.2 Å². The lowest BCUT2D eigenvalue weighted by Crippen LogP contribution is -2.39. The molecule has 3 rings (SSSR count). The van der Waals surface area contributed by atoms with E-state index >= 15 is 0 Å². The highest BCUT2D eigenvalue weighted by Gasteiger charge is 2.21. The molecule has 1 aromatic heterocycles. The number of thioether (sulfide) groups is 1. The van der Waals surface area contributed by atoms with Gasteiger partial charge in [-0.15, -0.1) is 5.10 Å². The second-order valence-corrected chi connectivity index (χ2v) is 7.60. The van der Waals surface area contributed by atoms with Gasteiger partial charge in [-0.1, -0.05) is 67.8 Å². The van der Waals surface area contributed by atoms with Gasteiger partial charge in [0.1, 0.15) is 0 Å². The van der Waals surface area contributed by atoms with Crippen LogP contribution in [0.1, 0.15) is 45.4 Å². The van der Waals surface area contributed by atoms with Gasteiger partial charge in [-0.25, -0.2) is 4.98 Å². The molecule has 5 nitrogen and oxygen atoms in total. The molecule has 1 aliphatic rings. The van der Waals surface area contributed by atoms with Crippen LogP contribution in [0.4, 0.5) is 0 Å². The summed E-state index contributed by atoms with van der Waals surface area (Å²) in [5, 5.41) is 10.8. The number of amides is 1. The van der Waals surface area contributed by atoms with E-state index in [1.54, 1.807) is 0 Å². The molecule has 2 aromatic rings. The number of nitrogens with zero attached hydrogens (tertiary/aromatic N) is 2. The average molecular weight is 344 g/mol. The number of aromatic nitrogens is 3. The molecular weight excluding hydrogens is 320 g/mol. The Balaban J connectivity index is 1.55. The highest BCUT2D eigenvalue weighted by molar-refractivity contribution is 8.00. The van der Waals surface area contributed by atoms with E-state index in [4.69, 9.17) is 0 Å². The molecule has 1 saturated carbocycles. The Kier molecular flexibility index (Phi) is 5.91. The quantitative estimate of drug-likeness (QED) is 0.639. The molecule has 1 fully saturated rings. The third-order valence-corrected chi connectivity index (χ3v) is 5.33. The third-order valence-electron chi connectivity index (χ3n) is 4.37. The van der Waals surface area contributed by atoms with Gasteiger partial charge in [-0.05, 0) is 19.8 Å². The molecule has 0 radical (unpaired) electrons. The Bertz CT molecular complexity index is 650. The molecule has 6 heteroatoms. The van der Waals surface area contributed by atoms with Gasteiger partial charge < -0.3 is 5.32 Å². The van der Waals surface area contributed by atoms with Crippen molar-refractivity contribution >= 4 is 17.7 Å². The zero-order valence-corrected chi connectivity index (χ0v) is 14.8. The molecule has 128 valence electrons. The molecule has 0 aliphatic heterocycles. The normalized spacial score (nSPS) is 17.2. The van der Waals surface area contributed by atoms with Gasteiger partial charge in [-0.2, -0.15) is 0 Å². The van der Waals surface area contributed by atoms with Crippen molar-refractivity contribution < 1.29 is 4.79 Å². The summed E-state index contributed by atoms with van der Waals surface area (Å²) in [6, 6.07) is 10.2. The zero-order chi connectivity index (χ0) is 16.8. The second-order valence-electron chi connectivity index (χ2n) is 6.29. The fraction of sp³-hybridized carbons (Fsp3) is 0.500. The number of hydrogen-bond acceptors (Lipinski definition) is 4. The van der Waals surface area contributed by atoms with Crippen LogP contribution in [0.3, 0.4) is 0 Å². The van der Waals surface area contributed by atoms with Gasteiger partial charge >= 0.3 is 0 Å². The summed E-state index contributed by atoms with van der Waals surface area (Å²) < 4.78 is 0. The zero-order valence-electron chi connectivity index (χ0n) is 14.0.